The molecule has 0 bridgehead atoms. The van der Waals surface area contributed by atoms with E-state index in [0.717, 1.165) is 11.4 Å². The molecule has 0 spiro atoms. The second-order valence-electron chi connectivity index (χ2n) is 6.06. The van der Waals surface area contributed by atoms with E-state index < -0.39 is 11.6 Å². The molecule has 1 unspecified atom stereocenters. The summed E-state index contributed by atoms with van der Waals surface area (Å²) >= 11 is 0. The predicted octanol–water partition coefficient (Wildman–Crippen LogP) is 3.45. The Morgan fingerprint density at radius 1 is 1.35 bits per heavy atom. The predicted molar refractivity (Wildman–Crippen MR) is 95.2 cm³/mol. The van der Waals surface area contributed by atoms with Gasteiger partial charge >= 0.3 is 5.97 Å². The van der Waals surface area contributed by atoms with E-state index >= 15 is 0 Å². The fraction of sp³-hybridized carbons (Fsp3) is 0.562. The third-order valence-corrected chi connectivity index (χ3v) is 5.42. The van der Waals surface area contributed by atoms with Gasteiger partial charge in [-0.05, 0) is 50.1 Å². The summed E-state index contributed by atoms with van der Waals surface area (Å²) in [5.74, 6) is -0.551. The lowest BCUT2D eigenvalue weighted by molar-refractivity contribution is -0.154. The summed E-state index contributed by atoms with van der Waals surface area (Å²) in [5.41, 5.74) is -0.532. The first kappa shape index (κ1) is 19.8. The molecule has 0 aliphatic heterocycles. The van der Waals surface area contributed by atoms with Gasteiger partial charge in [0.1, 0.15) is 17.2 Å². The van der Waals surface area contributed by atoms with Crippen LogP contribution < -0.4 is 5.32 Å². The third kappa shape index (κ3) is 10.2. The first-order valence-electron chi connectivity index (χ1n) is 7.49. The lowest BCUT2D eigenvalue weighted by Crippen LogP contribution is -2.34. The Kier molecular flexibility index (Phi) is 8.47. The summed E-state index contributed by atoms with van der Waals surface area (Å²) < 4.78 is 5.13. The number of nitrogens with zero attached hydrogens (tertiary/aromatic N) is 1. The van der Waals surface area contributed by atoms with Gasteiger partial charge < -0.3 is 10.1 Å². The molecule has 1 aromatic heterocycles. The number of ether oxygens (including phenoxy) is 1. The van der Waals surface area contributed by atoms with Crippen molar-refractivity contribution in [2.45, 2.75) is 56.4 Å². The molecule has 1 N–H and O–H groups in total. The number of carbonyl (C=O) groups is 2. The summed E-state index contributed by atoms with van der Waals surface area (Å²) in [6.07, 6.45) is 2.89. The minimum absolute atomic E-state index is 0.0830. The Bertz CT molecular complexity index is 504. The number of carbonyl (C=O) groups excluding carboxylic acids is 2. The van der Waals surface area contributed by atoms with E-state index in [1.54, 1.807) is 48.6 Å². The van der Waals surface area contributed by atoms with E-state index in [1.165, 1.54) is 0 Å². The molecule has 0 aliphatic rings. The Labute approximate surface area is 145 Å². The van der Waals surface area contributed by atoms with E-state index in [4.69, 9.17) is 4.74 Å². The van der Waals surface area contributed by atoms with Crippen LogP contribution in [0.15, 0.2) is 29.4 Å². The zero-order valence-corrected chi connectivity index (χ0v) is 15.6. The molecular weight excluding hydrogens is 332 g/mol. The van der Waals surface area contributed by atoms with Crippen LogP contribution in [0.5, 0.6) is 0 Å². The van der Waals surface area contributed by atoms with Gasteiger partial charge in [-0.3, -0.25) is 9.59 Å². The zero-order valence-electron chi connectivity index (χ0n) is 14.0. The van der Waals surface area contributed by atoms with E-state index in [-0.39, 0.29) is 12.5 Å². The Balaban J connectivity index is 2.16. The lowest BCUT2D eigenvalue weighted by atomic mass is 10.2. The van der Waals surface area contributed by atoms with Crippen LogP contribution in [-0.2, 0) is 14.3 Å². The maximum absolute atomic E-state index is 11.7. The molecule has 1 heterocycles. The summed E-state index contributed by atoms with van der Waals surface area (Å²) in [6.45, 7) is 7.38. The van der Waals surface area contributed by atoms with Gasteiger partial charge in [0.05, 0.1) is 0 Å². The number of rotatable bonds is 8. The molecule has 0 aliphatic carbocycles. The highest BCUT2D eigenvalue weighted by Gasteiger charge is 2.17. The molecule has 5 nitrogen and oxygen atoms in total. The van der Waals surface area contributed by atoms with Crippen molar-refractivity contribution in [2.24, 2.45) is 0 Å². The van der Waals surface area contributed by atoms with E-state index in [2.05, 4.69) is 17.2 Å². The van der Waals surface area contributed by atoms with Crippen molar-refractivity contribution in [1.82, 2.24) is 10.3 Å². The molecule has 0 aromatic carbocycles. The first-order valence-corrected chi connectivity index (χ1v) is 9.70. The normalized spacial score (nSPS) is 12.5. The van der Waals surface area contributed by atoms with E-state index in [9.17, 15) is 9.59 Å². The van der Waals surface area contributed by atoms with Crippen LogP contribution in [0.3, 0.4) is 0 Å². The van der Waals surface area contributed by atoms with E-state index in [1.807, 2.05) is 18.2 Å². The molecule has 0 radical (unpaired) electrons. The summed E-state index contributed by atoms with van der Waals surface area (Å²) in [6, 6.07) is 5.79. The van der Waals surface area contributed by atoms with Gasteiger partial charge in [0, 0.05) is 17.9 Å². The van der Waals surface area contributed by atoms with Crippen LogP contribution in [0.25, 0.3) is 0 Å². The van der Waals surface area contributed by atoms with Crippen LogP contribution >= 0.6 is 21.6 Å². The molecule has 1 aromatic rings. The molecule has 1 atom stereocenters. The van der Waals surface area contributed by atoms with Crippen molar-refractivity contribution in [2.75, 3.05) is 6.54 Å². The number of aromatic nitrogens is 1. The Morgan fingerprint density at radius 2 is 2.09 bits per heavy atom. The highest BCUT2D eigenvalue weighted by Crippen LogP contribution is 2.34. The zero-order chi connectivity index (χ0) is 17.3. The maximum atomic E-state index is 11.7. The second-order valence-corrected chi connectivity index (χ2v) is 8.72. The van der Waals surface area contributed by atoms with Gasteiger partial charge in [0.15, 0.2) is 0 Å². The largest absolute Gasteiger partial charge is 0.459 e. The van der Waals surface area contributed by atoms with Gasteiger partial charge in [-0.1, -0.05) is 23.8 Å². The number of esters is 1. The molecule has 128 valence electrons. The quantitative estimate of drug-likeness (QED) is 0.568. The van der Waals surface area contributed by atoms with E-state index in [0.29, 0.717) is 11.7 Å². The lowest BCUT2D eigenvalue weighted by Gasteiger charge is -2.19. The monoisotopic (exact) mass is 356 g/mol. The Hall–Kier alpha value is -1.21. The fourth-order valence-electron chi connectivity index (χ4n) is 1.55. The van der Waals surface area contributed by atoms with Crippen molar-refractivity contribution in [3.05, 3.63) is 24.4 Å². The molecule has 7 heteroatoms. The average molecular weight is 357 g/mol. The molecule has 1 amide bonds. The summed E-state index contributed by atoms with van der Waals surface area (Å²) in [4.78, 5) is 27.5. The number of hydrogen-bond donors (Lipinski definition) is 1. The first-order chi connectivity index (χ1) is 10.8. The third-order valence-electron chi connectivity index (χ3n) is 2.56. The number of hydrogen-bond acceptors (Lipinski definition) is 6. The maximum Gasteiger partial charge on any atom is 0.325 e. The van der Waals surface area contributed by atoms with Crippen LogP contribution in [-0.4, -0.2) is 34.3 Å². The van der Waals surface area contributed by atoms with Gasteiger partial charge in [-0.2, -0.15) is 0 Å². The van der Waals surface area contributed by atoms with Crippen molar-refractivity contribution in [1.29, 1.82) is 0 Å². The van der Waals surface area contributed by atoms with Crippen LogP contribution in [0.2, 0.25) is 0 Å². The molecule has 23 heavy (non-hydrogen) atoms. The number of amides is 1. The van der Waals surface area contributed by atoms with Gasteiger partial charge in [0.2, 0.25) is 5.91 Å². The SMILES string of the molecule is CC(CCC(=O)NCC(=O)OC(C)(C)C)SSc1ccccn1. The van der Waals surface area contributed by atoms with Crippen molar-refractivity contribution >= 4 is 33.5 Å². The topological polar surface area (TPSA) is 68.3 Å². The Morgan fingerprint density at radius 3 is 2.70 bits per heavy atom. The number of nitrogens with one attached hydrogen (secondary N) is 1. The summed E-state index contributed by atoms with van der Waals surface area (Å²) in [7, 11) is 3.29. The molecular formula is C16H24N2O3S2. The number of pyridine rings is 1. The van der Waals surface area contributed by atoms with Crippen LogP contribution in [0.1, 0.15) is 40.5 Å². The average Bonchev–Trinajstić information content (AvgIpc) is 2.48. The molecule has 1 rings (SSSR count). The van der Waals surface area contributed by atoms with Crippen molar-refractivity contribution < 1.29 is 14.3 Å². The van der Waals surface area contributed by atoms with Crippen molar-refractivity contribution in [3.8, 4) is 0 Å². The van der Waals surface area contributed by atoms with Crippen LogP contribution in [0.4, 0.5) is 0 Å². The fourth-order valence-corrected chi connectivity index (χ4v) is 3.63. The van der Waals surface area contributed by atoms with Crippen molar-refractivity contribution in [3.63, 3.8) is 0 Å². The second kappa shape index (κ2) is 9.82. The van der Waals surface area contributed by atoms with Gasteiger partial charge in [0.25, 0.3) is 0 Å². The molecule has 0 saturated heterocycles. The smallest absolute Gasteiger partial charge is 0.325 e. The summed E-state index contributed by atoms with van der Waals surface area (Å²) in [5, 5.41) is 3.86. The minimum atomic E-state index is -0.532. The van der Waals surface area contributed by atoms with Gasteiger partial charge in [-0.25, -0.2) is 4.98 Å². The van der Waals surface area contributed by atoms with Gasteiger partial charge in [-0.15, -0.1) is 0 Å². The molecule has 0 saturated carbocycles. The molecule has 0 fully saturated rings. The highest BCUT2D eigenvalue weighted by atomic mass is 33.1. The highest BCUT2D eigenvalue weighted by molar-refractivity contribution is 8.76. The minimum Gasteiger partial charge on any atom is -0.459 e. The standard InChI is InChI=1S/C16H24N2O3S2/c1-12(22-23-14-7-5-6-10-17-14)8-9-13(19)18-11-15(20)21-16(2,3)4/h5-7,10,12H,8-9,11H2,1-4H3,(H,18,19). The van der Waals surface area contributed by atoms with Crippen LogP contribution in [0, 0.1) is 0 Å².